The van der Waals surface area contributed by atoms with Crippen LogP contribution in [0.15, 0.2) is 59.8 Å². The smallest absolute Gasteiger partial charge is 0.236 e. The molecule has 2 aromatic carbocycles. The number of carbonyl (C=O) groups excluding carboxylic acids is 1. The van der Waals surface area contributed by atoms with Crippen molar-refractivity contribution in [1.82, 2.24) is 19.7 Å². The van der Waals surface area contributed by atoms with E-state index in [1.165, 1.54) is 11.8 Å². The first-order valence-electron chi connectivity index (χ1n) is 11.1. The van der Waals surface area contributed by atoms with Gasteiger partial charge in [0.05, 0.1) is 12.4 Å². The summed E-state index contributed by atoms with van der Waals surface area (Å²) in [6.45, 7) is 8.23. The fraction of sp³-hybridized carbons (Fsp3) is 0.400. The summed E-state index contributed by atoms with van der Waals surface area (Å²) in [4.78, 5) is 15.1. The normalized spacial score (nSPS) is 11.9. The Balaban J connectivity index is 1.78. The maximum absolute atomic E-state index is 13.2. The van der Waals surface area contributed by atoms with Crippen molar-refractivity contribution in [3.63, 3.8) is 0 Å². The highest BCUT2D eigenvalue weighted by molar-refractivity contribution is 8.00. The van der Waals surface area contributed by atoms with Crippen LogP contribution in [0.25, 0.3) is 11.4 Å². The van der Waals surface area contributed by atoms with Gasteiger partial charge in [0, 0.05) is 25.2 Å². The average Bonchev–Trinajstić information content (AvgIpc) is 3.23. The SMILES string of the molecule is CCCCn1c(SC(C)C(=O)N(CC)Cc2ccccc2)nnc1-c1ccc(OC)cc1. The fourth-order valence-corrected chi connectivity index (χ4v) is 4.42. The van der Waals surface area contributed by atoms with E-state index in [1.54, 1.807) is 7.11 Å². The topological polar surface area (TPSA) is 60.2 Å². The van der Waals surface area contributed by atoms with E-state index < -0.39 is 0 Å². The van der Waals surface area contributed by atoms with Gasteiger partial charge in [-0.05, 0) is 50.1 Å². The standard InChI is InChI=1S/C25H32N4O2S/c1-5-7-17-29-23(21-13-15-22(31-4)16-14-21)26-27-25(29)32-19(3)24(30)28(6-2)18-20-11-9-8-10-12-20/h8-16,19H,5-7,17-18H2,1-4H3. The van der Waals surface area contributed by atoms with Crippen molar-refractivity contribution in [2.75, 3.05) is 13.7 Å². The zero-order valence-electron chi connectivity index (χ0n) is 19.3. The first kappa shape index (κ1) is 23.9. The summed E-state index contributed by atoms with van der Waals surface area (Å²) in [6.07, 6.45) is 2.09. The molecular weight excluding hydrogens is 420 g/mol. The summed E-state index contributed by atoms with van der Waals surface area (Å²) in [5.74, 6) is 1.73. The van der Waals surface area contributed by atoms with Gasteiger partial charge in [0.1, 0.15) is 5.75 Å². The molecule has 3 rings (SSSR count). The number of unbranched alkanes of at least 4 members (excludes halogenated alkanes) is 1. The van der Waals surface area contributed by atoms with E-state index >= 15 is 0 Å². The zero-order valence-corrected chi connectivity index (χ0v) is 20.1. The number of hydrogen-bond donors (Lipinski definition) is 0. The molecule has 1 aromatic heterocycles. The van der Waals surface area contributed by atoms with Crippen LogP contribution in [0.3, 0.4) is 0 Å². The molecule has 0 spiro atoms. The van der Waals surface area contributed by atoms with Crippen molar-refractivity contribution in [1.29, 1.82) is 0 Å². The lowest BCUT2D eigenvalue weighted by Crippen LogP contribution is -2.36. The van der Waals surface area contributed by atoms with Crippen molar-refractivity contribution >= 4 is 17.7 Å². The number of ether oxygens (including phenoxy) is 1. The van der Waals surface area contributed by atoms with Gasteiger partial charge in [0.2, 0.25) is 5.91 Å². The highest BCUT2D eigenvalue weighted by Crippen LogP contribution is 2.29. The summed E-state index contributed by atoms with van der Waals surface area (Å²) in [6, 6.07) is 17.9. The second-order valence-electron chi connectivity index (χ2n) is 7.64. The van der Waals surface area contributed by atoms with E-state index in [2.05, 4.69) is 33.8 Å². The molecule has 7 heteroatoms. The highest BCUT2D eigenvalue weighted by Gasteiger charge is 2.24. The predicted octanol–water partition coefficient (Wildman–Crippen LogP) is 5.28. The minimum atomic E-state index is -0.257. The van der Waals surface area contributed by atoms with Crippen molar-refractivity contribution in [3.8, 4) is 17.1 Å². The Morgan fingerprint density at radius 2 is 1.81 bits per heavy atom. The Morgan fingerprint density at radius 1 is 1.09 bits per heavy atom. The van der Waals surface area contributed by atoms with Crippen LogP contribution in [0.2, 0.25) is 0 Å². The number of thioether (sulfide) groups is 1. The monoisotopic (exact) mass is 452 g/mol. The number of nitrogens with zero attached hydrogens (tertiary/aromatic N) is 4. The molecule has 0 saturated heterocycles. The minimum absolute atomic E-state index is 0.109. The highest BCUT2D eigenvalue weighted by atomic mass is 32.2. The average molecular weight is 453 g/mol. The van der Waals surface area contributed by atoms with Gasteiger partial charge in [0.25, 0.3) is 0 Å². The third kappa shape index (κ3) is 5.91. The lowest BCUT2D eigenvalue weighted by molar-refractivity contribution is -0.130. The maximum Gasteiger partial charge on any atom is 0.236 e. The molecule has 1 atom stereocenters. The van der Waals surface area contributed by atoms with Crippen LogP contribution in [-0.4, -0.2) is 44.5 Å². The lowest BCUT2D eigenvalue weighted by atomic mass is 10.2. The van der Waals surface area contributed by atoms with E-state index in [0.29, 0.717) is 13.1 Å². The molecule has 0 bridgehead atoms. The largest absolute Gasteiger partial charge is 0.497 e. The molecule has 1 heterocycles. The zero-order chi connectivity index (χ0) is 22.9. The molecule has 0 N–H and O–H groups in total. The maximum atomic E-state index is 13.2. The summed E-state index contributed by atoms with van der Waals surface area (Å²) in [5.41, 5.74) is 2.12. The quantitative estimate of drug-likeness (QED) is 0.370. The Kier molecular flexibility index (Phi) is 8.73. The number of aromatic nitrogens is 3. The van der Waals surface area contributed by atoms with E-state index in [9.17, 15) is 4.79 Å². The Morgan fingerprint density at radius 3 is 2.44 bits per heavy atom. The van der Waals surface area contributed by atoms with E-state index in [0.717, 1.165) is 47.2 Å². The van der Waals surface area contributed by atoms with Gasteiger partial charge in [-0.1, -0.05) is 55.4 Å². The van der Waals surface area contributed by atoms with Gasteiger partial charge in [-0.25, -0.2) is 0 Å². The van der Waals surface area contributed by atoms with E-state index in [1.807, 2.05) is 61.2 Å². The van der Waals surface area contributed by atoms with Crippen LogP contribution in [0.4, 0.5) is 0 Å². The van der Waals surface area contributed by atoms with Crippen LogP contribution in [0, 0.1) is 0 Å². The predicted molar refractivity (Wildman–Crippen MR) is 130 cm³/mol. The number of rotatable bonds is 11. The first-order valence-corrected chi connectivity index (χ1v) is 12.0. The molecule has 170 valence electrons. The second kappa shape index (κ2) is 11.7. The molecule has 0 aliphatic heterocycles. The van der Waals surface area contributed by atoms with Crippen LogP contribution < -0.4 is 4.74 Å². The Bertz CT molecular complexity index is 989. The Hall–Kier alpha value is -2.80. The number of benzene rings is 2. The van der Waals surface area contributed by atoms with Gasteiger partial charge in [0.15, 0.2) is 11.0 Å². The third-order valence-corrected chi connectivity index (χ3v) is 6.41. The van der Waals surface area contributed by atoms with Crippen LogP contribution in [-0.2, 0) is 17.9 Å². The third-order valence-electron chi connectivity index (χ3n) is 5.34. The first-order chi connectivity index (χ1) is 15.6. The van der Waals surface area contributed by atoms with E-state index in [-0.39, 0.29) is 11.2 Å². The summed E-state index contributed by atoms with van der Waals surface area (Å²) in [5, 5.41) is 9.44. The minimum Gasteiger partial charge on any atom is -0.497 e. The van der Waals surface area contributed by atoms with Crippen molar-refractivity contribution in [2.45, 2.75) is 57.1 Å². The van der Waals surface area contributed by atoms with Crippen molar-refractivity contribution < 1.29 is 9.53 Å². The summed E-state index contributed by atoms with van der Waals surface area (Å²) in [7, 11) is 1.66. The van der Waals surface area contributed by atoms with Crippen LogP contribution >= 0.6 is 11.8 Å². The molecule has 0 aliphatic rings. The van der Waals surface area contributed by atoms with Gasteiger partial charge in [-0.2, -0.15) is 0 Å². The van der Waals surface area contributed by atoms with Crippen molar-refractivity contribution in [3.05, 3.63) is 60.2 Å². The molecule has 0 fully saturated rings. The van der Waals surface area contributed by atoms with Gasteiger partial charge in [-0.15, -0.1) is 10.2 Å². The van der Waals surface area contributed by atoms with Gasteiger partial charge < -0.3 is 14.2 Å². The molecule has 32 heavy (non-hydrogen) atoms. The molecule has 0 aliphatic carbocycles. The fourth-order valence-electron chi connectivity index (χ4n) is 3.46. The number of hydrogen-bond acceptors (Lipinski definition) is 5. The number of methoxy groups -OCH3 is 1. The molecule has 1 unspecified atom stereocenters. The van der Waals surface area contributed by atoms with Crippen molar-refractivity contribution in [2.24, 2.45) is 0 Å². The molecular formula is C25H32N4O2S. The summed E-state index contributed by atoms with van der Waals surface area (Å²) >= 11 is 1.48. The van der Waals surface area contributed by atoms with Gasteiger partial charge in [-0.3, -0.25) is 4.79 Å². The molecule has 3 aromatic rings. The lowest BCUT2D eigenvalue weighted by Gasteiger charge is -2.24. The Labute approximate surface area is 195 Å². The number of amides is 1. The molecule has 0 saturated carbocycles. The molecule has 1 amide bonds. The summed E-state index contributed by atoms with van der Waals surface area (Å²) < 4.78 is 7.40. The molecule has 0 radical (unpaired) electrons. The van der Waals surface area contributed by atoms with E-state index in [4.69, 9.17) is 4.74 Å². The van der Waals surface area contributed by atoms with Crippen LogP contribution in [0.1, 0.15) is 39.2 Å². The molecule has 6 nitrogen and oxygen atoms in total. The number of carbonyl (C=O) groups is 1. The second-order valence-corrected chi connectivity index (χ2v) is 8.95. The van der Waals surface area contributed by atoms with Gasteiger partial charge >= 0.3 is 0 Å². The van der Waals surface area contributed by atoms with Crippen LogP contribution in [0.5, 0.6) is 5.75 Å².